The summed E-state index contributed by atoms with van der Waals surface area (Å²) in [5.41, 5.74) is 4.71. The van der Waals surface area contributed by atoms with Crippen LogP contribution in [0.15, 0.2) is 59.3 Å². The average molecular weight is 468 g/mol. The minimum atomic E-state index is -0.878. The quantitative estimate of drug-likeness (QED) is 0.524. The highest BCUT2D eigenvalue weighted by Crippen LogP contribution is 2.35. The van der Waals surface area contributed by atoms with E-state index in [2.05, 4.69) is 34.6 Å². The third-order valence-electron chi connectivity index (χ3n) is 6.89. The highest BCUT2D eigenvalue weighted by molar-refractivity contribution is 5.95. The van der Waals surface area contributed by atoms with Gasteiger partial charge in [-0.3, -0.25) is 9.69 Å². The van der Waals surface area contributed by atoms with Gasteiger partial charge in [-0.2, -0.15) is 0 Å². The van der Waals surface area contributed by atoms with Crippen LogP contribution in [0.2, 0.25) is 0 Å². The van der Waals surface area contributed by atoms with Gasteiger partial charge in [0, 0.05) is 56.3 Å². The van der Waals surface area contributed by atoms with Crippen molar-refractivity contribution in [2.24, 2.45) is 0 Å². The Hall–Kier alpha value is -2.45. The molecule has 4 rings (SSSR count). The Bertz CT molecular complexity index is 964. The molecule has 3 aliphatic rings. The van der Waals surface area contributed by atoms with Crippen molar-refractivity contribution in [2.45, 2.75) is 45.0 Å². The predicted molar refractivity (Wildman–Crippen MR) is 132 cm³/mol. The van der Waals surface area contributed by atoms with Crippen LogP contribution >= 0.6 is 0 Å². The van der Waals surface area contributed by atoms with Crippen molar-refractivity contribution in [3.05, 3.63) is 70.5 Å². The number of hydrogen-bond acceptors (Lipinski definition) is 6. The minimum absolute atomic E-state index is 0.0820. The fourth-order valence-electron chi connectivity index (χ4n) is 5.28. The zero-order valence-electron chi connectivity index (χ0n) is 20.6. The lowest BCUT2D eigenvalue weighted by Gasteiger charge is -2.51. The van der Waals surface area contributed by atoms with Crippen LogP contribution in [0.4, 0.5) is 0 Å². The maximum atomic E-state index is 13.3. The van der Waals surface area contributed by atoms with Crippen molar-refractivity contribution in [2.75, 3.05) is 46.6 Å². The number of ether oxygens (including phenoxy) is 3. The summed E-state index contributed by atoms with van der Waals surface area (Å²) in [5.74, 6) is -0.960. The zero-order chi connectivity index (χ0) is 24.0. The molecule has 1 aromatic rings. The number of carbonyl (C=O) groups is 1. The number of rotatable bonds is 4. The largest absolute Gasteiger partial charge is 0.381 e. The number of nitrogens with zero attached hydrogens (tertiary/aromatic N) is 1. The first kappa shape index (κ1) is 24.7. The molecule has 7 heteroatoms. The van der Waals surface area contributed by atoms with E-state index in [1.807, 2.05) is 37.3 Å². The van der Waals surface area contributed by atoms with Crippen LogP contribution in [0.25, 0.3) is 0 Å². The monoisotopic (exact) mass is 467 g/mol. The Labute approximate surface area is 202 Å². The number of dihydropyridines is 1. The number of hydrogen-bond donors (Lipinski definition) is 2. The van der Waals surface area contributed by atoms with Gasteiger partial charge in [-0.25, -0.2) is 0 Å². The molecule has 7 nitrogen and oxygen atoms in total. The Balaban J connectivity index is 1.74. The van der Waals surface area contributed by atoms with Crippen molar-refractivity contribution in [1.82, 2.24) is 15.5 Å². The van der Waals surface area contributed by atoms with Gasteiger partial charge in [0.25, 0.3) is 5.91 Å². The summed E-state index contributed by atoms with van der Waals surface area (Å²) in [7, 11) is 1.74. The number of benzene rings is 1. The Morgan fingerprint density at radius 3 is 2.74 bits per heavy atom. The molecule has 1 atom stereocenters. The topological polar surface area (TPSA) is 72.1 Å². The molecule has 3 heterocycles. The van der Waals surface area contributed by atoms with Gasteiger partial charge in [0.05, 0.1) is 13.2 Å². The van der Waals surface area contributed by atoms with E-state index in [1.165, 1.54) is 0 Å². The number of carbonyl (C=O) groups excluding carboxylic acids is 1. The third-order valence-corrected chi connectivity index (χ3v) is 6.89. The van der Waals surface area contributed by atoms with Crippen molar-refractivity contribution >= 4 is 5.91 Å². The second-order valence-corrected chi connectivity index (χ2v) is 8.96. The molecule has 0 aliphatic carbocycles. The van der Waals surface area contributed by atoms with E-state index in [1.54, 1.807) is 7.11 Å². The second-order valence-electron chi connectivity index (χ2n) is 8.96. The van der Waals surface area contributed by atoms with E-state index >= 15 is 0 Å². The molecule has 3 aliphatic heterocycles. The molecule has 1 unspecified atom stereocenters. The van der Waals surface area contributed by atoms with Crippen molar-refractivity contribution in [3.8, 4) is 0 Å². The predicted octanol–water partition coefficient (Wildman–Crippen LogP) is 3.15. The van der Waals surface area contributed by atoms with Gasteiger partial charge in [-0.05, 0) is 49.5 Å². The molecule has 2 N–H and O–H groups in total. The molecule has 0 spiro atoms. The minimum Gasteiger partial charge on any atom is -0.381 e. The number of methoxy groups -OCH3 is 1. The molecular formula is C27H37N3O4. The molecule has 34 heavy (non-hydrogen) atoms. The number of allylic oxidation sites excluding steroid dienone is 2. The number of fused-ring (bicyclic) bond motifs is 1. The van der Waals surface area contributed by atoms with Gasteiger partial charge in [-0.15, -0.1) is 0 Å². The molecule has 184 valence electrons. The van der Waals surface area contributed by atoms with Crippen molar-refractivity contribution in [1.29, 1.82) is 0 Å². The van der Waals surface area contributed by atoms with Gasteiger partial charge in [-0.1, -0.05) is 37.3 Å². The van der Waals surface area contributed by atoms with Crippen LogP contribution in [0.3, 0.4) is 0 Å². The van der Waals surface area contributed by atoms with Crippen LogP contribution in [0.1, 0.15) is 42.6 Å². The molecule has 0 radical (unpaired) electrons. The highest BCUT2D eigenvalue weighted by Gasteiger charge is 2.46. The lowest BCUT2D eigenvalue weighted by molar-refractivity contribution is -0.156. The van der Waals surface area contributed by atoms with E-state index in [4.69, 9.17) is 14.2 Å². The Morgan fingerprint density at radius 1 is 1.18 bits per heavy atom. The van der Waals surface area contributed by atoms with E-state index < -0.39 is 5.85 Å². The van der Waals surface area contributed by atoms with Crippen LogP contribution in [0.5, 0.6) is 0 Å². The van der Waals surface area contributed by atoms with Gasteiger partial charge >= 0.3 is 0 Å². The van der Waals surface area contributed by atoms with E-state index in [-0.39, 0.29) is 5.91 Å². The molecular weight excluding hydrogens is 430 g/mol. The van der Waals surface area contributed by atoms with Crippen LogP contribution in [-0.2, 0) is 20.6 Å². The summed E-state index contributed by atoms with van der Waals surface area (Å²) >= 11 is 0. The fourth-order valence-corrected chi connectivity index (χ4v) is 5.28. The SMILES string of the molecule is CCN(C1CCOCC1)C1(OC)NC(C)=CC2=C1CNC(=O)c1ccccc1CC=CCOC2. The summed E-state index contributed by atoms with van der Waals surface area (Å²) in [6.07, 6.45) is 8.75. The lowest BCUT2D eigenvalue weighted by Crippen LogP contribution is -2.66. The summed E-state index contributed by atoms with van der Waals surface area (Å²) in [6.45, 7) is 7.78. The van der Waals surface area contributed by atoms with Gasteiger partial charge < -0.3 is 24.8 Å². The maximum Gasteiger partial charge on any atom is 0.251 e. The molecule has 1 saturated heterocycles. The van der Waals surface area contributed by atoms with Crippen molar-refractivity contribution in [3.63, 3.8) is 0 Å². The van der Waals surface area contributed by atoms with Gasteiger partial charge in [0.1, 0.15) is 0 Å². The summed E-state index contributed by atoms with van der Waals surface area (Å²) in [5, 5.41) is 6.82. The molecule has 1 fully saturated rings. The van der Waals surface area contributed by atoms with E-state index in [9.17, 15) is 4.79 Å². The van der Waals surface area contributed by atoms with Crippen molar-refractivity contribution < 1.29 is 19.0 Å². The standard InChI is InChI=1S/C27H37N3O4/c1-4-30(23-12-15-33-16-13-23)27(32-3)25-18-28-26(31)24-11-6-5-9-21(24)10-7-8-14-34-19-22(25)17-20(2)29-27/h5-9,11,17,23,29H,4,10,12-16,18-19H2,1-3H3,(H,28,31). The molecule has 0 bridgehead atoms. The van der Waals surface area contributed by atoms with E-state index in [0.717, 1.165) is 55.0 Å². The van der Waals surface area contributed by atoms with Gasteiger partial charge in [0.15, 0.2) is 0 Å². The Morgan fingerprint density at radius 2 is 1.97 bits per heavy atom. The first-order valence-electron chi connectivity index (χ1n) is 12.3. The average Bonchev–Trinajstić information content (AvgIpc) is 2.87. The number of likely N-dealkylation sites (N-methyl/N-ethyl adjacent to an activating group) is 1. The lowest BCUT2D eigenvalue weighted by atomic mass is 9.93. The third kappa shape index (κ3) is 5.13. The van der Waals surface area contributed by atoms with Crippen LogP contribution < -0.4 is 10.6 Å². The molecule has 1 amide bonds. The summed E-state index contributed by atoms with van der Waals surface area (Å²) < 4.78 is 18.0. The maximum absolute atomic E-state index is 13.3. The molecule has 0 aromatic heterocycles. The summed E-state index contributed by atoms with van der Waals surface area (Å²) in [6, 6.07) is 8.07. The molecule has 0 saturated carbocycles. The second kappa shape index (κ2) is 11.3. The summed E-state index contributed by atoms with van der Waals surface area (Å²) in [4.78, 5) is 15.7. The van der Waals surface area contributed by atoms with Crippen LogP contribution in [0, 0.1) is 0 Å². The highest BCUT2D eigenvalue weighted by atomic mass is 16.5. The first-order valence-corrected chi connectivity index (χ1v) is 12.3. The van der Waals surface area contributed by atoms with E-state index in [0.29, 0.717) is 37.8 Å². The number of nitrogens with one attached hydrogen (secondary N) is 2. The van der Waals surface area contributed by atoms with Crippen LogP contribution in [-0.4, -0.2) is 69.3 Å². The molecule has 1 aromatic carbocycles. The zero-order valence-corrected chi connectivity index (χ0v) is 20.6. The normalized spacial score (nSPS) is 24.7. The number of amides is 1. The van der Waals surface area contributed by atoms with Gasteiger partial charge in [0.2, 0.25) is 5.85 Å². The smallest absolute Gasteiger partial charge is 0.251 e. The first-order chi connectivity index (χ1) is 16.6. The fraction of sp³-hybridized carbons (Fsp3) is 0.519. The Kier molecular flexibility index (Phi) is 8.21.